The molecule has 16 heavy (non-hydrogen) atoms. The first-order valence-corrected chi connectivity index (χ1v) is 5.89. The Morgan fingerprint density at radius 1 is 1.44 bits per heavy atom. The summed E-state index contributed by atoms with van der Waals surface area (Å²) in [6.07, 6.45) is 7.47. The van der Waals surface area contributed by atoms with E-state index in [9.17, 15) is 4.79 Å². The number of nitrogen functional groups attached to an aromatic ring is 1. The third-order valence-electron chi connectivity index (χ3n) is 3.34. The highest BCUT2D eigenvalue weighted by molar-refractivity contribution is 5.97. The molecule has 0 unspecified atom stereocenters. The highest BCUT2D eigenvalue weighted by atomic mass is 16.2. The fraction of sp³-hybridized carbons (Fsp3) is 0.636. The summed E-state index contributed by atoms with van der Waals surface area (Å²) in [5, 5.41) is 7.20. The van der Waals surface area contributed by atoms with E-state index in [1.165, 1.54) is 6.42 Å². The minimum atomic E-state index is -0.127. The lowest BCUT2D eigenvalue weighted by Gasteiger charge is -2.25. The molecule has 0 aliphatic heterocycles. The van der Waals surface area contributed by atoms with Gasteiger partial charge in [-0.05, 0) is 32.1 Å². The zero-order valence-electron chi connectivity index (χ0n) is 9.15. The van der Waals surface area contributed by atoms with Gasteiger partial charge in [0.2, 0.25) is 0 Å². The van der Waals surface area contributed by atoms with E-state index in [1.54, 1.807) is 6.20 Å². The van der Waals surface area contributed by atoms with Crippen molar-refractivity contribution in [2.24, 2.45) is 0 Å². The van der Waals surface area contributed by atoms with Crippen molar-refractivity contribution in [2.45, 2.75) is 44.2 Å². The van der Waals surface area contributed by atoms with E-state index in [-0.39, 0.29) is 5.91 Å². The van der Waals surface area contributed by atoms with E-state index in [4.69, 9.17) is 5.73 Å². The van der Waals surface area contributed by atoms with Gasteiger partial charge in [-0.15, -0.1) is 0 Å². The number of rotatable bonds is 3. The molecular formula is C11H16N4O. The SMILES string of the molecule is Nc1cn(C2CCC2)nc1C(=O)NC1CC1. The van der Waals surface area contributed by atoms with Gasteiger partial charge in [-0.3, -0.25) is 9.48 Å². The zero-order valence-corrected chi connectivity index (χ0v) is 9.15. The van der Waals surface area contributed by atoms with Gasteiger partial charge in [0.05, 0.1) is 11.7 Å². The van der Waals surface area contributed by atoms with Gasteiger partial charge in [-0.1, -0.05) is 0 Å². The molecule has 3 rings (SSSR count). The summed E-state index contributed by atoms with van der Waals surface area (Å²) in [5.74, 6) is -0.127. The molecule has 2 aliphatic carbocycles. The fourth-order valence-electron chi connectivity index (χ4n) is 1.90. The highest BCUT2D eigenvalue weighted by Crippen LogP contribution is 2.32. The number of nitrogens with one attached hydrogen (secondary N) is 1. The van der Waals surface area contributed by atoms with Crippen LogP contribution in [0.2, 0.25) is 0 Å². The first kappa shape index (κ1) is 9.69. The van der Waals surface area contributed by atoms with E-state index in [0.29, 0.717) is 23.5 Å². The molecule has 0 radical (unpaired) electrons. The molecule has 1 aromatic rings. The fourth-order valence-corrected chi connectivity index (χ4v) is 1.90. The molecule has 0 atom stereocenters. The number of anilines is 1. The van der Waals surface area contributed by atoms with Crippen LogP contribution in [0.4, 0.5) is 5.69 Å². The molecule has 2 aliphatic rings. The summed E-state index contributed by atoms with van der Waals surface area (Å²) < 4.78 is 1.85. The molecule has 3 N–H and O–H groups in total. The predicted molar refractivity (Wildman–Crippen MR) is 60.0 cm³/mol. The van der Waals surface area contributed by atoms with Gasteiger partial charge in [0.25, 0.3) is 5.91 Å². The zero-order chi connectivity index (χ0) is 11.1. The lowest BCUT2D eigenvalue weighted by atomic mass is 9.93. The summed E-state index contributed by atoms with van der Waals surface area (Å²) >= 11 is 0. The molecule has 2 fully saturated rings. The van der Waals surface area contributed by atoms with Crippen LogP contribution in [-0.2, 0) is 0 Å². The lowest BCUT2D eigenvalue weighted by molar-refractivity contribution is 0.0945. The van der Waals surface area contributed by atoms with Crippen molar-refractivity contribution in [2.75, 3.05) is 5.73 Å². The van der Waals surface area contributed by atoms with Crippen molar-refractivity contribution in [1.29, 1.82) is 0 Å². The van der Waals surface area contributed by atoms with Crippen LogP contribution in [0.3, 0.4) is 0 Å². The molecule has 5 nitrogen and oxygen atoms in total. The maximum atomic E-state index is 11.8. The van der Waals surface area contributed by atoms with Gasteiger partial charge in [0, 0.05) is 12.2 Å². The number of amides is 1. The first-order chi connectivity index (χ1) is 7.74. The Labute approximate surface area is 94.0 Å². The molecule has 1 aromatic heterocycles. The van der Waals surface area contributed by atoms with Crippen LogP contribution < -0.4 is 11.1 Å². The van der Waals surface area contributed by atoms with Gasteiger partial charge in [0.1, 0.15) is 0 Å². The van der Waals surface area contributed by atoms with E-state index >= 15 is 0 Å². The average Bonchev–Trinajstić information content (AvgIpc) is 2.87. The summed E-state index contributed by atoms with van der Waals surface area (Å²) in [5.41, 5.74) is 6.69. The molecule has 1 amide bonds. The number of hydrogen-bond donors (Lipinski definition) is 2. The smallest absolute Gasteiger partial charge is 0.274 e. The molecule has 0 bridgehead atoms. The maximum absolute atomic E-state index is 11.8. The number of nitrogens with two attached hydrogens (primary N) is 1. The molecule has 2 saturated carbocycles. The molecule has 86 valence electrons. The predicted octanol–water partition coefficient (Wildman–Crippen LogP) is 1.08. The van der Waals surface area contributed by atoms with Gasteiger partial charge in [-0.25, -0.2) is 0 Å². The van der Waals surface area contributed by atoms with Crippen molar-refractivity contribution in [3.63, 3.8) is 0 Å². The number of carbonyl (C=O) groups excluding carboxylic acids is 1. The summed E-state index contributed by atoms with van der Waals surface area (Å²) in [4.78, 5) is 11.8. The van der Waals surface area contributed by atoms with Crippen LogP contribution in [0.25, 0.3) is 0 Å². The summed E-state index contributed by atoms with van der Waals surface area (Å²) in [7, 11) is 0. The molecule has 5 heteroatoms. The van der Waals surface area contributed by atoms with Crippen LogP contribution >= 0.6 is 0 Å². The standard InChI is InChI=1S/C11H16N4O/c12-9-6-15(8-2-1-3-8)14-10(9)11(16)13-7-4-5-7/h6-8H,1-5,12H2,(H,13,16). The largest absolute Gasteiger partial charge is 0.396 e. The maximum Gasteiger partial charge on any atom is 0.274 e. The van der Waals surface area contributed by atoms with Crippen LogP contribution in [0.1, 0.15) is 48.6 Å². The van der Waals surface area contributed by atoms with Crippen molar-refractivity contribution in [3.8, 4) is 0 Å². The van der Waals surface area contributed by atoms with Gasteiger partial charge in [0.15, 0.2) is 5.69 Å². The Hall–Kier alpha value is -1.52. The number of carbonyl (C=O) groups is 1. The topological polar surface area (TPSA) is 72.9 Å². The van der Waals surface area contributed by atoms with Crippen molar-refractivity contribution < 1.29 is 4.79 Å². The van der Waals surface area contributed by atoms with E-state index in [2.05, 4.69) is 10.4 Å². The Morgan fingerprint density at radius 3 is 2.75 bits per heavy atom. The first-order valence-electron chi connectivity index (χ1n) is 5.89. The number of hydrogen-bond acceptors (Lipinski definition) is 3. The molecule has 0 saturated heterocycles. The normalized spacial score (nSPS) is 20.5. The molecule has 1 heterocycles. The third kappa shape index (κ3) is 1.66. The van der Waals surface area contributed by atoms with Gasteiger partial charge >= 0.3 is 0 Å². The third-order valence-corrected chi connectivity index (χ3v) is 3.34. The van der Waals surface area contributed by atoms with Crippen molar-refractivity contribution in [3.05, 3.63) is 11.9 Å². The monoisotopic (exact) mass is 220 g/mol. The van der Waals surface area contributed by atoms with E-state index in [1.807, 2.05) is 4.68 Å². The Morgan fingerprint density at radius 2 is 2.19 bits per heavy atom. The second kappa shape index (κ2) is 3.50. The second-order valence-electron chi connectivity index (χ2n) is 4.75. The minimum absolute atomic E-state index is 0.127. The van der Waals surface area contributed by atoms with Crippen molar-refractivity contribution in [1.82, 2.24) is 15.1 Å². The second-order valence-corrected chi connectivity index (χ2v) is 4.75. The minimum Gasteiger partial charge on any atom is -0.396 e. The molecular weight excluding hydrogens is 204 g/mol. The highest BCUT2D eigenvalue weighted by Gasteiger charge is 2.27. The number of nitrogens with zero attached hydrogens (tertiary/aromatic N) is 2. The Bertz CT molecular complexity index is 418. The number of aromatic nitrogens is 2. The molecule has 0 spiro atoms. The van der Waals surface area contributed by atoms with Gasteiger partial charge < -0.3 is 11.1 Å². The van der Waals surface area contributed by atoms with Crippen LogP contribution in [0.15, 0.2) is 6.20 Å². The summed E-state index contributed by atoms with van der Waals surface area (Å²) in [6.45, 7) is 0. The lowest BCUT2D eigenvalue weighted by Crippen LogP contribution is -2.27. The van der Waals surface area contributed by atoms with Crippen LogP contribution in [0, 0.1) is 0 Å². The van der Waals surface area contributed by atoms with Crippen LogP contribution in [0.5, 0.6) is 0 Å². The van der Waals surface area contributed by atoms with Crippen molar-refractivity contribution >= 4 is 11.6 Å². The van der Waals surface area contributed by atoms with Crippen LogP contribution in [-0.4, -0.2) is 21.7 Å². The van der Waals surface area contributed by atoms with E-state index < -0.39 is 0 Å². The average molecular weight is 220 g/mol. The van der Waals surface area contributed by atoms with Gasteiger partial charge in [-0.2, -0.15) is 5.10 Å². The Balaban J connectivity index is 1.76. The van der Waals surface area contributed by atoms with E-state index in [0.717, 1.165) is 25.7 Å². The summed E-state index contributed by atoms with van der Waals surface area (Å²) in [6, 6.07) is 0.797. The Kier molecular flexibility index (Phi) is 2.12. The quantitative estimate of drug-likeness (QED) is 0.800. The molecule has 0 aromatic carbocycles.